The number of nitrogens with zero attached hydrogens (tertiary/aromatic N) is 1. The minimum atomic E-state index is 0.233. The second-order valence-electron chi connectivity index (χ2n) is 4.58. The molecule has 0 saturated carbocycles. The lowest BCUT2D eigenvalue weighted by Gasteiger charge is -2.15. The van der Waals surface area contributed by atoms with Crippen LogP contribution >= 0.6 is 0 Å². The SMILES string of the molecule is CN(C)c1ccc(N)c(OCc2cccc(O)c2)c1. The van der Waals surface area contributed by atoms with Crippen molar-refractivity contribution in [2.24, 2.45) is 0 Å². The third kappa shape index (κ3) is 3.31. The van der Waals surface area contributed by atoms with E-state index in [1.165, 1.54) is 0 Å². The molecular formula is C15H18N2O2. The Morgan fingerprint density at radius 3 is 2.63 bits per heavy atom. The highest BCUT2D eigenvalue weighted by Crippen LogP contribution is 2.27. The smallest absolute Gasteiger partial charge is 0.144 e. The summed E-state index contributed by atoms with van der Waals surface area (Å²) in [7, 11) is 3.93. The fourth-order valence-corrected chi connectivity index (χ4v) is 1.73. The van der Waals surface area contributed by atoms with Crippen LogP contribution in [0.4, 0.5) is 11.4 Å². The van der Waals surface area contributed by atoms with Gasteiger partial charge in [-0.05, 0) is 29.8 Å². The van der Waals surface area contributed by atoms with Gasteiger partial charge >= 0.3 is 0 Å². The van der Waals surface area contributed by atoms with Gasteiger partial charge in [0.2, 0.25) is 0 Å². The van der Waals surface area contributed by atoms with Crippen molar-refractivity contribution in [2.75, 3.05) is 24.7 Å². The van der Waals surface area contributed by atoms with Crippen LogP contribution in [0.1, 0.15) is 5.56 Å². The first-order valence-electron chi connectivity index (χ1n) is 6.04. The van der Waals surface area contributed by atoms with Crippen molar-refractivity contribution >= 4 is 11.4 Å². The molecule has 0 fully saturated rings. The number of aromatic hydroxyl groups is 1. The average Bonchev–Trinajstić information content (AvgIpc) is 2.37. The number of nitrogen functional groups attached to an aromatic ring is 1. The number of hydrogen-bond acceptors (Lipinski definition) is 4. The molecule has 0 saturated heterocycles. The van der Waals surface area contributed by atoms with E-state index in [0.29, 0.717) is 18.0 Å². The summed E-state index contributed by atoms with van der Waals surface area (Å²) in [4.78, 5) is 1.99. The third-order valence-electron chi connectivity index (χ3n) is 2.82. The molecule has 0 bridgehead atoms. The molecule has 0 atom stereocenters. The van der Waals surface area contributed by atoms with Gasteiger partial charge < -0.3 is 20.5 Å². The van der Waals surface area contributed by atoms with E-state index in [1.54, 1.807) is 18.2 Å². The van der Waals surface area contributed by atoms with Gasteiger partial charge in [0.15, 0.2) is 0 Å². The number of rotatable bonds is 4. The number of anilines is 2. The molecule has 0 heterocycles. The molecule has 0 amide bonds. The summed E-state index contributed by atoms with van der Waals surface area (Å²) in [6.07, 6.45) is 0. The molecule has 0 aromatic heterocycles. The minimum Gasteiger partial charge on any atom is -0.508 e. The zero-order chi connectivity index (χ0) is 13.8. The van der Waals surface area contributed by atoms with Gasteiger partial charge in [0.05, 0.1) is 5.69 Å². The number of phenolic OH excluding ortho intramolecular Hbond substituents is 1. The Labute approximate surface area is 113 Å². The van der Waals surface area contributed by atoms with Gasteiger partial charge in [-0.15, -0.1) is 0 Å². The van der Waals surface area contributed by atoms with Crippen LogP contribution in [0.2, 0.25) is 0 Å². The molecule has 0 unspecified atom stereocenters. The Morgan fingerprint density at radius 1 is 1.16 bits per heavy atom. The first kappa shape index (κ1) is 13.1. The van der Waals surface area contributed by atoms with Crippen molar-refractivity contribution in [1.82, 2.24) is 0 Å². The number of ether oxygens (including phenoxy) is 1. The Balaban J connectivity index is 2.12. The lowest BCUT2D eigenvalue weighted by Crippen LogP contribution is -2.09. The van der Waals surface area contributed by atoms with Crippen LogP contribution in [0.25, 0.3) is 0 Å². The van der Waals surface area contributed by atoms with Crippen molar-refractivity contribution in [3.63, 3.8) is 0 Å². The van der Waals surface area contributed by atoms with E-state index in [0.717, 1.165) is 11.3 Å². The van der Waals surface area contributed by atoms with E-state index >= 15 is 0 Å². The number of hydrogen-bond donors (Lipinski definition) is 2. The standard InChI is InChI=1S/C15H18N2O2/c1-17(2)12-6-7-14(16)15(9-12)19-10-11-4-3-5-13(18)8-11/h3-9,18H,10,16H2,1-2H3. The average molecular weight is 258 g/mol. The lowest BCUT2D eigenvalue weighted by atomic mass is 10.2. The molecular weight excluding hydrogens is 240 g/mol. The van der Waals surface area contributed by atoms with Gasteiger partial charge in [-0.25, -0.2) is 0 Å². The summed E-state index contributed by atoms with van der Waals surface area (Å²) >= 11 is 0. The molecule has 19 heavy (non-hydrogen) atoms. The van der Waals surface area contributed by atoms with Crippen molar-refractivity contribution in [1.29, 1.82) is 0 Å². The Bertz CT molecular complexity index is 568. The maximum atomic E-state index is 9.39. The van der Waals surface area contributed by atoms with Crippen LogP contribution < -0.4 is 15.4 Å². The molecule has 0 spiro atoms. The van der Waals surface area contributed by atoms with Gasteiger partial charge in [0.25, 0.3) is 0 Å². The monoisotopic (exact) mass is 258 g/mol. The van der Waals surface area contributed by atoms with Gasteiger partial charge in [0, 0.05) is 25.8 Å². The minimum absolute atomic E-state index is 0.233. The first-order chi connectivity index (χ1) is 9.06. The molecule has 100 valence electrons. The number of benzene rings is 2. The van der Waals surface area contributed by atoms with E-state index in [-0.39, 0.29) is 5.75 Å². The number of nitrogens with two attached hydrogens (primary N) is 1. The van der Waals surface area contributed by atoms with Crippen molar-refractivity contribution in [3.05, 3.63) is 48.0 Å². The van der Waals surface area contributed by atoms with Crippen molar-refractivity contribution in [3.8, 4) is 11.5 Å². The molecule has 2 aromatic rings. The van der Waals surface area contributed by atoms with Gasteiger partial charge in [0.1, 0.15) is 18.1 Å². The molecule has 2 rings (SSSR count). The molecule has 3 N–H and O–H groups in total. The van der Waals surface area contributed by atoms with Gasteiger partial charge in [-0.1, -0.05) is 12.1 Å². The third-order valence-corrected chi connectivity index (χ3v) is 2.82. The van der Waals surface area contributed by atoms with Gasteiger partial charge in [-0.3, -0.25) is 0 Å². The second-order valence-corrected chi connectivity index (χ2v) is 4.58. The summed E-state index contributed by atoms with van der Waals surface area (Å²) in [6.45, 7) is 0.371. The quantitative estimate of drug-likeness (QED) is 0.828. The second kappa shape index (κ2) is 5.52. The highest BCUT2D eigenvalue weighted by Gasteiger charge is 2.04. The van der Waals surface area contributed by atoms with E-state index in [9.17, 15) is 5.11 Å². The molecule has 4 nitrogen and oxygen atoms in total. The topological polar surface area (TPSA) is 58.7 Å². The van der Waals surface area contributed by atoms with Crippen LogP contribution in [0, 0.1) is 0 Å². The molecule has 0 radical (unpaired) electrons. The number of phenols is 1. The fraction of sp³-hybridized carbons (Fsp3) is 0.200. The summed E-state index contributed by atoms with van der Waals surface area (Å²) in [5, 5.41) is 9.39. The fourth-order valence-electron chi connectivity index (χ4n) is 1.73. The van der Waals surface area contributed by atoms with Crippen molar-refractivity contribution in [2.45, 2.75) is 6.61 Å². The first-order valence-corrected chi connectivity index (χ1v) is 6.04. The van der Waals surface area contributed by atoms with Crippen LogP contribution in [-0.4, -0.2) is 19.2 Å². The zero-order valence-corrected chi connectivity index (χ0v) is 11.1. The largest absolute Gasteiger partial charge is 0.508 e. The predicted octanol–water partition coefficient (Wildman–Crippen LogP) is 2.62. The van der Waals surface area contributed by atoms with Gasteiger partial charge in [-0.2, -0.15) is 0 Å². The molecule has 0 aliphatic carbocycles. The normalized spacial score (nSPS) is 10.2. The van der Waals surface area contributed by atoms with Crippen LogP contribution in [0.3, 0.4) is 0 Å². The van der Waals surface area contributed by atoms with E-state index in [1.807, 2.05) is 43.3 Å². The van der Waals surface area contributed by atoms with Crippen LogP contribution in [-0.2, 0) is 6.61 Å². The van der Waals surface area contributed by atoms with E-state index in [4.69, 9.17) is 10.5 Å². The molecule has 2 aromatic carbocycles. The summed E-state index contributed by atoms with van der Waals surface area (Å²) in [6, 6.07) is 12.7. The molecule has 0 aliphatic rings. The molecule has 0 aliphatic heterocycles. The maximum absolute atomic E-state index is 9.39. The highest BCUT2D eigenvalue weighted by molar-refractivity contribution is 5.61. The van der Waals surface area contributed by atoms with E-state index in [2.05, 4.69) is 0 Å². The van der Waals surface area contributed by atoms with Crippen LogP contribution in [0.15, 0.2) is 42.5 Å². The van der Waals surface area contributed by atoms with E-state index < -0.39 is 0 Å². The Morgan fingerprint density at radius 2 is 1.95 bits per heavy atom. The van der Waals surface area contributed by atoms with Crippen molar-refractivity contribution < 1.29 is 9.84 Å². The highest BCUT2D eigenvalue weighted by atomic mass is 16.5. The predicted molar refractivity (Wildman–Crippen MR) is 77.6 cm³/mol. The van der Waals surface area contributed by atoms with Crippen LogP contribution in [0.5, 0.6) is 11.5 Å². The summed E-state index contributed by atoms with van der Waals surface area (Å²) in [5.74, 6) is 0.880. The Hall–Kier alpha value is -2.36. The summed E-state index contributed by atoms with van der Waals surface area (Å²) < 4.78 is 5.71. The summed E-state index contributed by atoms with van der Waals surface area (Å²) in [5.41, 5.74) is 8.42. The lowest BCUT2D eigenvalue weighted by molar-refractivity contribution is 0.307. The Kier molecular flexibility index (Phi) is 3.80. The maximum Gasteiger partial charge on any atom is 0.144 e. The molecule has 4 heteroatoms. The zero-order valence-electron chi connectivity index (χ0n) is 11.1.